The monoisotopic (exact) mass is 314 g/mol. The molecule has 0 N–H and O–H groups in total. The SMILES string of the molecule is O=C(c1cccc(F)c1)c1cc(Br)c(F)cc1F. The molecule has 0 saturated heterocycles. The zero-order valence-corrected chi connectivity index (χ0v) is 10.5. The predicted molar refractivity (Wildman–Crippen MR) is 63.9 cm³/mol. The van der Waals surface area contributed by atoms with Crippen LogP contribution in [0.3, 0.4) is 0 Å². The number of benzene rings is 2. The second-order valence-corrected chi connectivity index (χ2v) is 4.44. The minimum atomic E-state index is -0.982. The molecule has 18 heavy (non-hydrogen) atoms. The zero-order chi connectivity index (χ0) is 13.3. The Morgan fingerprint density at radius 3 is 2.39 bits per heavy atom. The van der Waals surface area contributed by atoms with E-state index in [2.05, 4.69) is 15.9 Å². The van der Waals surface area contributed by atoms with Crippen LogP contribution in [-0.2, 0) is 0 Å². The molecule has 0 unspecified atom stereocenters. The van der Waals surface area contributed by atoms with Crippen LogP contribution in [0.4, 0.5) is 13.2 Å². The van der Waals surface area contributed by atoms with Gasteiger partial charge < -0.3 is 0 Å². The topological polar surface area (TPSA) is 17.1 Å². The van der Waals surface area contributed by atoms with Gasteiger partial charge in [0.25, 0.3) is 0 Å². The van der Waals surface area contributed by atoms with E-state index in [9.17, 15) is 18.0 Å². The van der Waals surface area contributed by atoms with Crippen molar-refractivity contribution in [2.45, 2.75) is 0 Å². The van der Waals surface area contributed by atoms with E-state index in [-0.39, 0.29) is 15.6 Å². The summed E-state index contributed by atoms with van der Waals surface area (Å²) >= 11 is 2.87. The molecule has 0 aliphatic rings. The van der Waals surface area contributed by atoms with Crippen molar-refractivity contribution in [2.75, 3.05) is 0 Å². The average Bonchev–Trinajstić information content (AvgIpc) is 2.33. The van der Waals surface area contributed by atoms with Gasteiger partial charge in [-0.2, -0.15) is 0 Å². The number of ketones is 1. The van der Waals surface area contributed by atoms with E-state index in [4.69, 9.17) is 0 Å². The highest BCUT2D eigenvalue weighted by molar-refractivity contribution is 9.10. The van der Waals surface area contributed by atoms with Crippen LogP contribution in [0.2, 0.25) is 0 Å². The number of carbonyl (C=O) groups excluding carboxylic acids is 1. The van der Waals surface area contributed by atoms with Gasteiger partial charge in [0.15, 0.2) is 5.78 Å². The van der Waals surface area contributed by atoms with E-state index >= 15 is 0 Å². The van der Waals surface area contributed by atoms with E-state index in [0.29, 0.717) is 6.07 Å². The van der Waals surface area contributed by atoms with Crippen LogP contribution >= 0.6 is 15.9 Å². The fourth-order valence-electron chi connectivity index (χ4n) is 1.48. The Morgan fingerprint density at radius 1 is 1.00 bits per heavy atom. The molecule has 2 aromatic rings. The van der Waals surface area contributed by atoms with Crippen LogP contribution in [0.25, 0.3) is 0 Å². The molecule has 0 spiro atoms. The van der Waals surface area contributed by atoms with Crippen molar-refractivity contribution < 1.29 is 18.0 Å². The summed E-state index contributed by atoms with van der Waals surface area (Å²) in [5, 5.41) is 0. The summed E-state index contributed by atoms with van der Waals surface area (Å²) in [7, 11) is 0. The van der Waals surface area contributed by atoms with Gasteiger partial charge in [0.05, 0.1) is 10.0 Å². The lowest BCUT2D eigenvalue weighted by atomic mass is 10.0. The molecule has 2 aromatic carbocycles. The summed E-state index contributed by atoms with van der Waals surface area (Å²) < 4.78 is 39.5. The van der Waals surface area contributed by atoms with Gasteiger partial charge in [0, 0.05) is 11.6 Å². The standard InChI is InChI=1S/C13H6BrF3O/c14-10-5-9(11(16)6-12(10)17)13(18)7-2-1-3-8(15)4-7/h1-6H. The van der Waals surface area contributed by atoms with Crippen LogP contribution in [0.15, 0.2) is 40.9 Å². The molecular formula is C13H6BrF3O. The molecule has 0 aliphatic heterocycles. The van der Waals surface area contributed by atoms with Gasteiger partial charge in [0.2, 0.25) is 0 Å². The molecule has 5 heteroatoms. The summed E-state index contributed by atoms with van der Waals surface area (Å²) in [6.45, 7) is 0. The highest BCUT2D eigenvalue weighted by Crippen LogP contribution is 2.22. The van der Waals surface area contributed by atoms with Crippen molar-refractivity contribution in [1.29, 1.82) is 0 Å². The second-order valence-electron chi connectivity index (χ2n) is 3.59. The Balaban J connectivity index is 2.49. The van der Waals surface area contributed by atoms with Gasteiger partial charge in [-0.25, -0.2) is 13.2 Å². The second kappa shape index (κ2) is 4.94. The van der Waals surface area contributed by atoms with Gasteiger partial charge in [0.1, 0.15) is 17.5 Å². The summed E-state index contributed by atoms with van der Waals surface area (Å²) in [5.41, 5.74) is -0.304. The minimum absolute atomic E-state index is 0.00686. The van der Waals surface area contributed by atoms with E-state index in [0.717, 1.165) is 12.1 Å². The van der Waals surface area contributed by atoms with Crippen molar-refractivity contribution in [2.24, 2.45) is 0 Å². The maximum Gasteiger partial charge on any atom is 0.196 e. The van der Waals surface area contributed by atoms with Gasteiger partial charge in [-0.3, -0.25) is 4.79 Å². The maximum atomic E-state index is 13.5. The highest BCUT2D eigenvalue weighted by atomic mass is 79.9. The van der Waals surface area contributed by atoms with Crippen LogP contribution < -0.4 is 0 Å². The van der Waals surface area contributed by atoms with Crippen LogP contribution in [-0.4, -0.2) is 5.78 Å². The maximum absolute atomic E-state index is 13.5. The molecule has 0 radical (unpaired) electrons. The molecule has 0 atom stereocenters. The Bertz CT molecular complexity index is 626. The Hall–Kier alpha value is -1.62. The van der Waals surface area contributed by atoms with Crippen LogP contribution in [0, 0.1) is 17.5 Å². The Morgan fingerprint density at radius 2 is 1.72 bits per heavy atom. The first kappa shape index (κ1) is 12.8. The van der Waals surface area contributed by atoms with Gasteiger partial charge in [-0.1, -0.05) is 12.1 Å². The highest BCUT2D eigenvalue weighted by Gasteiger charge is 2.17. The quantitative estimate of drug-likeness (QED) is 0.602. The lowest BCUT2D eigenvalue weighted by molar-refractivity contribution is 0.103. The molecular weight excluding hydrogens is 309 g/mol. The first-order chi connectivity index (χ1) is 8.49. The normalized spacial score (nSPS) is 10.4. The molecule has 0 heterocycles. The summed E-state index contributed by atoms with van der Waals surface area (Å²) in [4.78, 5) is 11.9. The largest absolute Gasteiger partial charge is 0.288 e. The number of rotatable bonds is 2. The Labute approximate surface area is 109 Å². The first-order valence-electron chi connectivity index (χ1n) is 4.94. The van der Waals surface area contributed by atoms with Gasteiger partial charge >= 0.3 is 0 Å². The number of carbonyl (C=O) groups is 1. The van der Waals surface area contributed by atoms with Crippen molar-refractivity contribution >= 4 is 21.7 Å². The molecule has 0 amide bonds. The fourth-order valence-corrected chi connectivity index (χ4v) is 1.83. The fraction of sp³-hybridized carbons (Fsp3) is 0. The molecule has 0 aliphatic carbocycles. The number of hydrogen-bond acceptors (Lipinski definition) is 1. The molecule has 2 rings (SSSR count). The molecule has 92 valence electrons. The molecule has 0 saturated carbocycles. The third-order valence-corrected chi connectivity index (χ3v) is 2.95. The molecule has 0 bridgehead atoms. The van der Waals surface area contributed by atoms with Crippen molar-refractivity contribution in [1.82, 2.24) is 0 Å². The van der Waals surface area contributed by atoms with Crippen molar-refractivity contribution in [3.63, 3.8) is 0 Å². The van der Waals surface area contributed by atoms with E-state index in [1.165, 1.54) is 18.2 Å². The minimum Gasteiger partial charge on any atom is -0.288 e. The van der Waals surface area contributed by atoms with Gasteiger partial charge in [-0.05, 0) is 34.1 Å². The predicted octanol–water partition coefficient (Wildman–Crippen LogP) is 4.10. The van der Waals surface area contributed by atoms with E-state index in [1.54, 1.807) is 0 Å². The molecule has 1 nitrogen and oxygen atoms in total. The smallest absolute Gasteiger partial charge is 0.196 e. The zero-order valence-electron chi connectivity index (χ0n) is 8.88. The Kier molecular flexibility index (Phi) is 3.52. The molecule has 0 fully saturated rings. The molecule has 0 aromatic heterocycles. The average molecular weight is 315 g/mol. The van der Waals surface area contributed by atoms with Gasteiger partial charge in [-0.15, -0.1) is 0 Å². The first-order valence-corrected chi connectivity index (χ1v) is 5.73. The van der Waals surface area contributed by atoms with Crippen LogP contribution in [0.5, 0.6) is 0 Å². The lowest BCUT2D eigenvalue weighted by Crippen LogP contribution is -2.05. The third kappa shape index (κ3) is 2.46. The number of halogens is 4. The lowest BCUT2D eigenvalue weighted by Gasteiger charge is -2.04. The number of hydrogen-bond donors (Lipinski definition) is 0. The third-order valence-electron chi connectivity index (χ3n) is 2.34. The van der Waals surface area contributed by atoms with E-state index < -0.39 is 23.2 Å². The summed E-state index contributed by atoms with van der Waals surface area (Å²) in [5.74, 6) is -3.08. The van der Waals surface area contributed by atoms with Crippen LogP contribution in [0.1, 0.15) is 15.9 Å². The van der Waals surface area contributed by atoms with Crippen molar-refractivity contribution in [3.05, 3.63) is 69.4 Å². The summed E-state index contributed by atoms with van der Waals surface area (Å²) in [6, 6.07) is 6.53. The summed E-state index contributed by atoms with van der Waals surface area (Å²) in [6.07, 6.45) is 0. The van der Waals surface area contributed by atoms with Crippen molar-refractivity contribution in [3.8, 4) is 0 Å². The van der Waals surface area contributed by atoms with E-state index in [1.807, 2.05) is 0 Å².